The highest BCUT2D eigenvalue weighted by Crippen LogP contribution is 1.97. The Balaban J connectivity index is 4.02. The lowest BCUT2D eigenvalue weighted by atomic mass is 10.6. The van der Waals surface area contributed by atoms with Crippen molar-refractivity contribution >= 4 is 0 Å². The lowest BCUT2D eigenvalue weighted by molar-refractivity contribution is -0.255. The summed E-state index contributed by atoms with van der Waals surface area (Å²) in [6, 6.07) is 0. The first-order chi connectivity index (χ1) is 7.35. The zero-order valence-corrected chi connectivity index (χ0v) is 9.24. The summed E-state index contributed by atoms with van der Waals surface area (Å²) >= 11 is 0. The fourth-order valence-electron chi connectivity index (χ4n) is 0.511. The van der Waals surface area contributed by atoms with Crippen LogP contribution in [0.3, 0.4) is 0 Å². The first-order valence-electron chi connectivity index (χ1n) is 4.75. The second-order valence-corrected chi connectivity index (χ2v) is 2.14. The maximum atomic E-state index is 4.98. The van der Waals surface area contributed by atoms with E-state index in [0.717, 1.165) is 0 Å². The van der Waals surface area contributed by atoms with Crippen LogP contribution in [0.4, 0.5) is 0 Å². The Bertz CT molecular complexity index is 226. The van der Waals surface area contributed by atoms with Gasteiger partial charge < -0.3 is 9.62 Å². The minimum atomic E-state index is 0.221. The molecule has 0 N–H and O–H groups in total. The van der Waals surface area contributed by atoms with Crippen molar-refractivity contribution in [1.82, 2.24) is 0 Å². The predicted molar refractivity (Wildman–Crippen MR) is 52.9 cm³/mol. The number of ether oxygens (including phenoxy) is 1. The molecule has 0 aliphatic rings. The van der Waals surface area contributed by atoms with Crippen LogP contribution in [0.25, 0.3) is 0 Å². The maximum absolute atomic E-state index is 4.98. The topological polar surface area (TPSA) is 46.2 Å². The smallest absolute Gasteiger partial charge is 0.253 e. The van der Waals surface area contributed by atoms with Crippen LogP contribution < -0.4 is 0 Å². The van der Waals surface area contributed by atoms with E-state index in [1.807, 2.05) is 6.92 Å². The Labute approximate surface area is 89.8 Å². The molecule has 5 nitrogen and oxygen atoms in total. The summed E-state index contributed by atoms with van der Waals surface area (Å²) in [5, 5.41) is 0. The number of rotatable bonds is 7. The van der Waals surface area contributed by atoms with E-state index in [1.165, 1.54) is 6.26 Å². The highest BCUT2D eigenvalue weighted by Gasteiger charge is 1.95. The minimum Gasteiger partial charge on any atom is -0.497 e. The van der Waals surface area contributed by atoms with Crippen LogP contribution in [0.15, 0.2) is 12.0 Å². The van der Waals surface area contributed by atoms with Crippen LogP contribution >= 0.6 is 0 Å². The quantitative estimate of drug-likeness (QED) is 0.213. The van der Waals surface area contributed by atoms with Gasteiger partial charge in [-0.1, -0.05) is 0 Å². The van der Waals surface area contributed by atoms with E-state index in [2.05, 4.69) is 21.8 Å². The van der Waals surface area contributed by atoms with E-state index in [1.54, 1.807) is 13.8 Å². The fourth-order valence-corrected chi connectivity index (χ4v) is 0.511. The van der Waals surface area contributed by atoms with Crippen molar-refractivity contribution < 1.29 is 24.3 Å². The van der Waals surface area contributed by atoms with Gasteiger partial charge >= 0.3 is 0 Å². The zero-order chi connectivity index (χ0) is 11.4. The van der Waals surface area contributed by atoms with Crippen molar-refractivity contribution in [1.29, 1.82) is 0 Å². The molecule has 0 bridgehead atoms. The first-order valence-corrected chi connectivity index (χ1v) is 4.75. The van der Waals surface area contributed by atoms with Crippen LogP contribution in [0.2, 0.25) is 0 Å². The SMILES string of the molecule is CCO/C=C(\C#COOCC)OOCC. The largest absolute Gasteiger partial charge is 0.497 e. The molecule has 0 spiro atoms. The lowest BCUT2D eigenvalue weighted by Crippen LogP contribution is -1.95. The van der Waals surface area contributed by atoms with Crippen LogP contribution in [-0.4, -0.2) is 19.8 Å². The number of hydrogen-bond acceptors (Lipinski definition) is 5. The van der Waals surface area contributed by atoms with Gasteiger partial charge in [-0.2, -0.15) is 9.78 Å². The standard InChI is InChI=1S/C10H16O5/c1-4-11-9-10(15-13-6-3)7-8-14-12-5-2/h9H,4-6H2,1-3H3/b10-9+. The summed E-state index contributed by atoms with van der Waals surface area (Å²) in [5.41, 5.74) is 0. The van der Waals surface area contributed by atoms with Crippen LogP contribution in [-0.2, 0) is 24.3 Å². The second-order valence-electron chi connectivity index (χ2n) is 2.14. The van der Waals surface area contributed by atoms with Crippen molar-refractivity contribution in [3.05, 3.63) is 12.0 Å². The Morgan fingerprint density at radius 3 is 2.40 bits per heavy atom. The molecule has 0 radical (unpaired) electrons. The number of allylic oxidation sites excluding steroid dienone is 1. The van der Waals surface area contributed by atoms with Gasteiger partial charge in [-0.15, -0.1) is 0 Å². The molecule has 0 unspecified atom stereocenters. The van der Waals surface area contributed by atoms with Gasteiger partial charge in [0.1, 0.15) is 6.26 Å². The summed E-state index contributed by atoms with van der Waals surface area (Å²) in [5.74, 6) is 2.74. The number of hydrogen-bond donors (Lipinski definition) is 0. The molecule has 0 saturated carbocycles. The monoisotopic (exact) mass is 216 g/mol. The van der Waals surface area contributed by atoms with Crippen molar-refractivity contribution in [3.63, 3.8) is 0 Å². The molecular formula is C10H16O5. The molecule has 0 amide bonds. The Morgan fingerprint density at radius 1 is 1.07 bits per heavy atom. The molecule has 15 heavy (non-hydrogen) atoms. The van der Waals surface area contributed by atoms with Crippen molar-refractivity contribution in [2.45, 2.75) is 20.8 Å². The van der Waals surface area contributed by atoms with E-state index in [0.29, 0.717) is 19.8 Å². The van der Waals surface area contributed by atoms with E-state index in [-0.39, 0.29) is 5.76 Å². The van der Waals surface area contributed by atoms with E-state index in [4.69, 9.17) is 14.5 Å². The molecule has 0 fully saturated rings. The normalized spacial score (nSPS) is 10.2. The van der Waals surface area contributed by atoms with Gasteiger partial charge in [-0.05, 0) is 20.8 Å². The molecule has 0 aromatic carbocycles. The van der Waals surface area contributed by atoms with Gasteiger partial charge in [0, 0.05) is 5.92 Å². The van der Waals surface area contributed by atoms with Crippen molar-refractivity contribution in [2.75, 3.05) is 19.8 Å². The molecule has 5 heteroatoms. The summed E-state index contributed by atoms with van der Waals surface area (Å²) in [4.78, 5) is 18.5. The van der Waals surface area contributed by atoms with Gasteiger partial charge in [0.2, 0.25) is 0 Å². The van der Waals surface area contributed by atoms with Crippen molar-refractivity contribution in [2.24, 2.45) is 0 Å². The predicted octanol–water partition coefficient (Wildman–Crippen LogP) is 1.76. The summed E-state index contributed by atoms with van der Waals surface area (Å²) in [6.45, 7) is 6.78. The van der Waals surface area contributed by atoms with E-state index in [9.17, 15) is 0 Å². The van der Waals surface area contributed by atoms with Crippen LogP contribution in [0, 0.1) is 12.0 Å². The highest BCUT2D eigenvalue weighted by atomic mass is 17.2. The molecule has 0 atom stereocenters. The molecule has 0 aliphatic heterocycles. The fraction of sp³-hybridized carbons (Fsp3) is 0.600. The van der Waals surface area contributed by atoms with Gasteiger partial charge in [-0.25, -0.2) is 0 Å². The molecule has 86 valence electrons. The van der Waals surface area contributed by atoms with E-state index >= 15 is 0 Å². The van der Waals surface area contributed by atoms with Crippen molar-refractivity contribution in [3.8, 4) is 12.0 Å². The second kappa shape index (κ2) is 10.7. The van der Waals surface area contributed by atoms with Gasteiger partial charge in [0.25, 0.3) is 5.76 Å². The van der Waals surface area contributed by atoms with Gasteiger partial charge in [0.15, 0.2) is 6.11 Å². The Kier molecular flexibility index (Phi) is 9.71. The average Bonchev–Trinajstić information content (AvgIpc) is 2.27. The highest BCUT2D eigenvalue weighted by molar-refractivity contribution is 5.18. The first kappa shape index (κ1) is 13.6. The third-order valence-corrected chi connectivity index (χ3v) is 1.02. The molecule has 0 aromatic heterocycles. The Hall–Kier alpha value is -1.38. The molecule has 0 rings (SSSR count). The third-order valence-electron chi connectivity index (χ3n) is 1.02. The maximum Gasteiger partial charge on any atom is 0.253 e. The lowest BCUT2D eigenvalue weighted by Gasteiger charge is -2.01. The van der Waals surface area contributed by atoms with Gasteiger partial charge in [-0.3, -0.25) is 4.89 Å². The molecule has 0 aliphatic carbocycles. The zero-order valence-electron chi connectivity index (χ0n) is 9.24. The molecule has 0 aromatic rings. The Morgan fingerprint density at radius 2 is 1.80 bits per heavy atom. The molecule has 0 saturated heterocycles. The summed E-state index contributed by atoms with van der Waals surface area (Å²) in [6.07, 6.45) is 3.62. The van der Waals surface area contributed by atoms with Gasteiger partial charge in [0.05, 0.1) is 19.8 Å². The third kappa shape index (κ3) is 8.94. The molecule has 0 heterocycles. The minimum absolute atomic E-state index is 0.221. The van der Waals surface area contributed by atoms with E-state index < -0.39 is 0 Å². The average molecular weight is 216 g/mol. The summed E-state index contributed by atoms with van der Waals surface area (Å²) < 4.78 is 4.98. The van der Waals surface area contributed by atoms with Crippen LogP contribution in [0.1, 0.15) is 20.8 Å². The van der Waals surface area contributed by atoms with Crippen LogP contribution in [0.5, 0.6) is 0 Å². The summed E-state index contributed by atoms with van der Waals surface area (Å²) in [7, 11) is 0. The molecular weight excluding hydrogens is 200 g/mol.